The van der Waals surface area contributed by atoms with Crippen LogP contribution in [0, 0.1) is 5.92 Å². The normalized spacial score (nSPS) is 31.9. The van der Waals surface area contributed by atoms with Crippen LogP contribution < -0.4 is 0 Å². The molecule has 3 rings (SSSR count). The number of hydrogen-bond acceptors (Lipinski definition) is 4. The third-order valence-corrected chi connectivity index (χ3v) is 6.27. The number of ether oxygens (including phenoxy) is 1. The standard InChI is InChI=1S/C14H21NO4S/c1-19-14(5-2-6-14)7-11(16)15-10(13(17)18)8-20-12(15)9-3-4-9/h9-10,12H,2-8H2,1H3,(H,17,18). The van der Waals surface area contributed by atoms with Gasteiger partial charge < -0.3 is 14.7 Å². The zero-order chi connectivity index (χ0) is 14.3. The fourth-order valence-electron chi connectivity index (χ4n) is 3.17. The maximum absolute atomic E-state index is 12.6. The molecule has 2 aliphatic carbocycles. The number of aliphatic carboxylic acids is 1. The number of nitrogens with zero attached hydrogens (tertiary/aromatic N) is 1. The number of carboxylic acid groups (broad SMARTS) is 1. The van der Waals surface area contributed by atoms with Crippen LogP contribution in [0.1, 0.15) is 38.5 Å². The van der Waals surface area contributed by atoms with Crippen LogP contribution >= 0.6 is 11.8 Å². The minimum Gasteiger partial charge on any atom is -0.480 e. The van der Waals surface area contributed by atoms with Crippen molar-refractivity contribution in [2.45, 2.75) is 55.5 Å². The summed E-state index contributed by atoms with van der Waals surface area (Å²) in [7, 11) is 1.65. The number of methoxy groups -OCH3 is 1. The van der Waals surface area contributed by atoms with Crippen molar-refractivity contribution in [1.82, 2.24) is 4.90 Å². The van der Waals surface area contributed by atoms with Gasteiger partial charge in [0, 0.05) is 12.9 Å². The number of amides is 1. The molecule has 2 atom stereocenters. The van der Waals surface area contributed by atoms with Crippen molar-refractivity contribution in [2.75, 3.05) is 12.9 Å². The van der Waals surface area contributed by atoms with Gasteiger partial charge in [-0.15, -0.1) is 11.8 Å². The van der Waals surface area contributed by atoms with Crippen molar-refractivity contribution in [2.24, 2.45) is 5.92 Å². The Hall–Kier alpha value is -0.750. The number of thioether (sulfide) groups is 1. The summed E-state index contributed by atoms with van der Waals surface area (Å²) in [6.07, 6.45) is 5.46. The molecule has 0 aromatic heterocycles. The largest absolute Gasteiger partial charge is 0.480 e. The minimum absolute atomic E-state index is 0.0409. The van der Waals surface area contributed by atoms with E-state index in [2.05, 4.69) is 0 Å². The lowest BCUT2D eigenvalue weighted by molar-refractivity contribution is -0.155. The third kappa shape index (κ3) is 2.44. The monoisotopic (exact) mass is 299 g/mol. The highest BCUT2D eigenvalue weighted by atomic mass is 32.2. The lowest BCUT2D eigenvalue weighted by Gasteiger charge is -2.41. The summed E-state index contributed by atoms with van der Waals surface area (Å²) in [6.45, 7) is 0. The zero-order valence-electron chi connectivity index (χ0n) is 11.7. The predicted molar refractivity (Wildman–Crippen MR) is 75.4 cm³/mol. The SMILES string of the molecule is COC1(CC(=O)N2C(C(=O)O)CSC2C2CC2)CCC1. The number of rotatable bonds is 5. The van der Waals surface area contributed by atoms with Crippen molar-refractivity contribution in [3.05, 3.63) is 0 Å². The second-order valence-electron chi connectivity index (χ2n) is 6.13. The van der Waals surface area contributed by atoms with Gasteiger partial charge in [0.2, 0.25) is 5.91 Å². The van der Waals surface area contributed by atoms with Crippen LogP contribution in [0.5, 0.6) is 0 Å². The van der Waals surface area contributed by atoms with E-state index in [1.54, 1.807) is 23.8 Å². The van der Waals surface area contributed by atoms with Gasteiger partial charge in [0.25, 0.3) is 0 Å². The van der Waals surface area contributed by atoms with E-state index >= 15 is 0 Å². The van der Waals surface area contributed by atoms with E-state index in [1.165, 1.54) is 0 Å². The van der Waals surface area contributed by atoms with E-state index in [0.717, 1.165) is 32.1 Å². The molecule has 1 saturated heterocycles. The lowest BCUT2D eigenvalue weighted by Crippen LogP contribution is -2.51. The third-order valence-electron chi connectivity index (χ3n) is 4.80. The molecule has 0 aromatic rings. The van der Waals surface area contributed by atoms with Crippen molar-refractivity contribution < 1.29 is 19.4 Å². The van der Waals surface area contributed by atoms with Gasteiger partial charge in [0.1, 0.15) is 6.04 Å². The first-order valence-electron chi connectivity index (χ1n) is 7.27. The van der Waals surface area contributed by atoms with E-state index in [9.17, 15) is 14.7 Å². The quantitative estimate of drug-likeness (QED) is 0.837. The molecular weight excluding hydrogens is 278 g/mol. The lowest BCUT2D eigenvalue weighted by atomic mass is 9.77. The fourth-order valence-corrected chi connectivity index (χ4v) is 4.82. The van der Waals surface area contributed by atoms with Crippen LogP contribution in [0.15, 0.2) is 0 Å². The summed E-state index contributed by atoms with van der Waals surface area (Å²) in [5.74, 6) is 0.0884. The van der Waals surface area contributed by atoms with Gasteiger partial charge in [-0.2, -0.15) is 0 Å². The van der Waals surface area contributed by atoms with Gasteiger partial charge in [-0.25, -0.2) is 4.79 Å². The summed E-state index contributed by atoms with van der Waals surface area (Å²) >= 11 is 1.63. The van der Waals surface area contributed by atoms with Crippen molar-refractivity contribution in [1.29, 1.82) is 0 Å². The van der Waals surface area contributed by atoms with E-state index < -0.39 is 12.0 Å². The molecule has 20 heavy (non-hydrogen) atoms. The van der Waals surface area contributed by atoms with Crippen LogP contribution in [0.25, 0.3) is 0 Å². The Kier molecular flexibility index (Phi) is 3.71. The predicted octanol–water partition coefficient (Wildman–Crippen LogP) is 1.71. The summed E-state index contributed by atoms with van der Waals surface area (Å²) < 4.78 is 5.51. The zero-order valence-corrected chi connectivity index (χ0v) is 12.5. The summed E-state index contributed by atoms with van der Waals surface area (Å²) in [5, 5.41) is 9.41. The number of carbonyl (C=O) groups excluding carboxylic acids is 1. The Labute approximate surface area is 123 Å². The Balaban J connectivity index is 1.73. The summed E-state index contributed by atoms with van der Waals surface area (Å²) in [4.78, 5) is 25.7. The molecule has 0 radical (unpaired) electrons. The molecule has 0 bridgehead atoms. The van der Waals surface area contributed by atoms with Gasteiger partial charge >= 0.3 is 5.97 Å². The molecule has 2 saturated carbocycles. The highest BCUT2D eigenvalue weighted by molar-refractivity contribution is 8.00. The molecule has 0 aromatic carbocycles. The Morgan fingerprint density at radius 1 is 1.40 bits per heavy atom. The highest BCUT2D eigenvalue weighted by Crippen LogP contribution is 2.47. The summed E-state index contributed by atoms with van der Waals surface area (Å²) in [5.41, 5.74) is -0.332. The van der Waals surface area contributed by atoms with Crippen LogP contribution in [0.2, 0.25) is 0 Å². The molecule has 3 fully saturated rings. The number of carboxylic acids is 1. The molecule has 6 heteroatoms. The average molecular weight is 299 g/mol. The average Bonchev–Trinajstić information content (AvgIpc) is 3.11. The molecular formula is C14H21NO4S. The Bertz CT molecular complexity index is 414. The van der Waals surface area contributed by atoms with Crippen molar-refractivity contribution >= 4 is 23.6 Å². The first kappa shape index (κ1) is 14.2. The van der Waals surface area contributed by atoms with Crippen LogP contribution in [0.3, 0.4) is 0 Å². The molecule has 2 unspecified atom stereocenters. The molecule has 1 aliphatic heterocycles. The van der Waals surface area contributed by atoms with E-state index in [4.69, 9.17) is 4.74 Å². The van der Waals surface area contributed by atoms with E-state index in [0.29, 0.717) is 18.1 Å². The second-order valence-corrected chi connectivity index (χ2v) is 7.28. The molecule has 112 valence electrons. The fraction of sp³-hybridized carbons (Fsp3) is 0.857. The molecule has 5 nitrogen and oxygen atoms in total. The number of carbonyl (C=O) groups is 2. The van der Waals surface area contributed by atoms with Crippen LogP contribution in [-0.4, -0.2) is 51.8 Å². The molecule has 1 amide bonds. The molecule has 3 aliphatic rings. The minimum atomic E-state index is -0.880. The Morgan fingerprint density at radius 2 is 2.10 bits per heavy atom. The molecule has 0 spiro atoms. The van der Waals surface area contributed by atoms with Crippen molar-refractivity contribution in [3.63, 3.8) is 0 Å². The maximum Gasteiger partial charge on any atom is 0.327 e. The highest BCUT2D eigenvalue weighted by Gasteiger charge is 2.50. The molecule has 1 heterocycles. The first-order valence-corrected chi connectivity index (χ1v) is 8.32. The van der Waals surface area contributed by atoms with E-state index in [1.807, 2.05) is 0 Å². The number of hydrogen-bond donors (Lipinski definition) is 1. The first-order chi connectivity index (χ1) is 9.56. The molecule has 1 N–H and O–H groups in total. The van der Waals surface area contributed by atoms with Gasteiger partial charge in [-0.05, 0) is 38.0 Å². The second kappa shape index (κ2) is 5.22. The van der Waals surface area contributed by atoms with Gasteiger partial charge in [-0.3, -0.25) is 4.79 Å². The van der Waals surface area contributed by atoms with Gasteiger partial charge in [0.05, 0.1) is 17.4 Å². The van der Waals surface area contributed by atoms with E-state index in [-0.39, 0.29) is 16.9 Å². The van der Waals surface area contributed by atoms with Crippen LogP contribution in [-0.2, 0) is 14.3 Å². The topological polar surface area (TPSA) is 66.8 Å². The maximum atomic E-state index is 12.6. The van der Waals surface area contributed by atoms with Crippen molar-refractivity contribution in [3.8, 4) is 0 Å². The summed E-state index contributed by atoms with van der Waals surface area (Å²) in [6, 6.07) is -0.660. The Morgan fingerprint density at radius 3 is 2.55 bits per heavy atom. The van der Waals surface area contributed by atoms with Gasteiger partial charge in [0.15, 0.2) is 0 Å². The smallest absolute Gasteiger partial charge is 0.327 e. The van der Waals surface area contributed by atoms with Gasteiger partial charge in [-0.1, -0.05) is 0 Å². The van der Waals surface area contributed by atoms with Crippen LogP contribution in [0.4, 0.5) is 0 Å².